The number of ether oxygens (including phenoxy) is 2. The summed E-state index contributed by atoms with van der Waals surface area (Å²) in [7, 11) is 3.43. The smallest absolute Gasteiger partial charge is 0.213 e. The SMILES string of the molecule is COc1ccc2cc3c4ccc(OC)cc4n4c5oc6ccc(C(C)(C)C)cc6c5c(c2c1)c34. The van der Waals surface area contributed by atoms with Crippen LogP contribution < -0.4 is 9.47 Å². The van der Waals surface area contributed by atoms with Crippen molar-refractivity contribution >= 4 is 60.0 Å². The zero-order chi connectivity index (χ0) is 23.4. The predicted molar refractivity (Wildman–Crippen MR) is 140 cm³/mol. The number of hydrogen-bond donors (Lipinski definition) is 0. The van der Waals surface area contributed by atoms with Crippen LogP contribution in [0.15, 0.2) is 65.1 Å². The molecule has 4 aromatic carbocycles. The summed E-state index contributed by atoms with van der Waals surface area (Å²) < 4.78 is 20.1. The van der Waals surface area contributed by atoms with Crippen LogP contribution in [0, 0.1) is 0 Å². The van der Waals surface area contributed by atoms with E-state index in [1.54, 1.807) is 14.2 Å². The molecule has 0 atom stereocenters. The Hall–Kier alpha value is -3.92. The van der Waals surface area contributed by atoms with Crippen molar-refractivity contribution in [1.29, 1.82) is 0 Å². The molecule has 4 nitrogen and oxygen atoms in total. The van der Waals surface area contributed by atoms with Gasteiger partial charge in [-0.25, -0.2) is 0 Å². The predicted octanol–water partition coefficient (Wildman–Crippen LogP) is 8.05. The molecule has 0 aliphatic heterocycles. The van der Waals surface area contributed by atoms with E-state index in [-0.39, 0.29) is 5.41 Å². The van der Waals surface area contributed by atoms with Crippen molar-refractivity contribution in [1.82, 2.24) is 4.40 Å². The quantitative estimate of drug-likeness (QED) is 0.269. The molecule has 7 rings (SSSR count). The molecule has 0 aliphatic rings. The summed E-state index contributed by atoms with van der Waals surface area (Å²) in [5.41, 5.74) is 5.39. The van der Waals surface area contributed by atoms with Crippen LogP contribution in [0.4, 0.5) is 0 Å². The lowest BCUT2D eigenvalue weighted by Gasteiger charge is -2.18. The topological polar surface area (TPSA) is 36.0 Å². The fourth-order valence-electron chi connectivity index (χ4n) is 5.51. The lowest BCUT2D eigenvalue weighted by Crippen LogP contribution is -2.10. The first-order chi connectivity index (χ1) is 16.4. The highest BCUT2D eigenvalue weighted by Gasteiger charge is 2.25. The first-order valence-corrected chi connectivity index (χ1v) is 11.6. The van der Waals surface area contributed by atoms with E-state index < -0.39 is 0 Å². The minimum absolute atomic E-state index is 0.0453. The number of methoxy groups -OCH3 is 2. The van der Waals surface area contributed by atoms with Crippen LogP contribution in [0.25, 0.3) is 60.0 Å². The second-order valence-corrected chi connectivity index (χ2v) is 10.2. The van der Waals surface area contributed by atoms with E-state index in [1.165, 1.54) is 38.0 Å². The summed E-state index contributed by atoms with van der Waals surface area (Å²) in [6, 6.07) is 21.5. The third kappa shape index (κ3) is 2.38. The van der Waals surface area contributed by atoms with Gasteiger partial charge in [-0.1, -0.05) is 32.9 Å². The number of hydrogen-bond acceptors (Lipinski definition) is 3. The van der Waals surface area contributed by atoms with E-state index in [0.29, 0.717) is 0 Å². The van der Waals surface area contributed by atoms with Gasteiger partial charge in [0.25, 0.3) is 0 Å². The molecule has 0 amide bonds. The summed E-state index contributed by atoms with van der Waals surface area (Å²) in [5, 5.41) is 8.29. The lowest BCUT2D eigenvalue weighted by atomic mass is 9.86. The number of fused-ring (bicyclic) bond motifs is 10. The number of nitrogens with zero attached hydrogens (tertiary/aromatic N) is 1. The zero-order valence-corrected chi connectivity index (χ0v) is 19.9. The molecule has 7 aromatic rings. The summed E-state index contributed by atoms with van der Waals surface area (Å²) in [6.07, 6.45) is 0. The Kier molecular flexibility index (Phi) is 3.65. The summed E-state index contributed by atoms with van der Waals surface area (Å²) in [6.45, 7) is 6.75. The van der Waals surface area contributed by atoms with E-state index >= 15 is 0 Å². The Morgan fingerprint density at radius 2 is 1.47 bits per heavy atom. The first kappa shape index (κ1) is 19.5. The van der Waals surface area contributed by atoms with Crippen LogP contribution in [0.5, 0.6) is 11.5 Å². The third-order valence-electron chi connectivity index (χ3n) is 7.27. The molecule has 0 bridgehead atoms. The van der Waals surface area contributed by atoms with Gasteiger partial charge in [-0.15, -0.1) is 0 Å². The van der Waals surface area contributed by atoms with Crippen LogP contribution in [0.1, 0.15) is 26.3 Å². The molecule has 0 aliphatic carbocycles. The van der Waals surface area contributed by atoms with E-state index in [9.17, 15) is 0 Å². The molecule has 3 aromatic heterocycles. The van der Waals surface area contributed by atoms with Gasteiger partial charge in [-0.05, 0) is 64.2 Å². The molecule has 0 unspecified atom stereocenters. The van der Waals surface area contributed by atoms with Crippen molar-refractivity contribution in [2.24, 2.45) is 0 Å². The zero-order valence-electron chi connectivity index (χ0n) is 19.9. The number of rotatable bonds is 2. The van der Waals surface area contributed by atoms with Crippen molar-refractivity contribution < 1.29 is 13.9 Å². The van der Waals surface area contributed by atoms with E-state index in [4.69, 9.17) is 13.9 Å². The Morgan fingerprint density at radius 1 is 0.706 bits per heavy atom. The Labute approximate surface area is 196 Å². The second-order valence-electron chi connectivity index (χ2n) is 10.2. The molecule has 0 fully saturated rings. The normalized spacial score (nSPS) is 12.9. The molecule has 34 heavy (non-hydrogen) atoms. The fraction of sp³-hybridized carbons (Fsp3) is 0.200. The van der Waals surface area contributed by atoms with E-state index in [0.717, 1.165) is 39.1 Å². The lowest BCUT2D eigenvalue weighted by molar-refractivity contribution is 0.415. The van der Waals surface area contributed by atoms with Crippen molar-refractivity contribution in [2.45, 2.75) is 26.2 Å². The molecule has 0 spiro atoms. The van der Waals surface area contributed by atoms with Crippen LogP contribution in [-0.4, -0.2) is 18.6 Å². The van der Waals surface area contributed by atoms with Gasteiger partial charge in [-0.3, -0.25) is 4.40 Å². The highest BCUT2D eigenvalue weighted by molar-refractivity contribution is 6.34. The first-order valence-electron chi connectivity index (χ1n) is 11.6. The molecule has 168 valence electrons. The highest BCUT2D eigenvalue weighted by atomic mass is 16.5. The number of furan rings is 1. The average molecular weight is 448 g/mol. The van der Waals surface area contributed by atoms with Gasteiger partial charge < -0.3 is 13.9 Å². The maximum absolute atomic E-state index is 6.59. The second kappa shape index (κ2) is 6.35. The highest BCUT2D eigenvalue weighted by Crippen LogP contribution is 2.47. The third-order valence-corrected chi connectivity index (χ3v) is 7.27. The van der Waals surface area contributed by atoms with Crippen molar-refractivity contribution in [3.63, 3.8) is 0 Å². The van der Waals surface area contributed by atoms with Gasteiger partial charge in [0.1, 0.15) is 17.1 Å². The van der Waals surface area contributed by atoms with Crippen LogP contribution in [-0.2, 0) is 5.41 Å². The van der Waals surface area contributed by atoms with Gasteiger partial charge in [0.2, 0.25) is 5.71 Å². The summed E-state index contributed by atoms with van der Waals surface area (Å²) >= 11 is 0. The maximum Gasteiger partial charge on any atom is 0.213 e. The minimum Gasteiger partial charge on any atom is -0.497 e. The Bertz CT molecular complexity index is 1910. The summed E-state index contributed by atoms with van der Waals surface area (Å²) in [5.74, 6) is 1.68. The molecule has 0 radical (unpaired) electrons. The van der Waals surface area contributed by atoms with Gasteiger partial charge in [0.15, 0.2) is 0 Å². The molecule has 4 heteroatoms. The van der Waals surface area contributed by atoms with E-state index in [1.807, 2.05) is 12.1 Å². The van der Waals surface area contributed by atoms with E-state index in [2.05, 4.69) is 73.7 Å². The van der Waals surface area contributed by atoms with Gasteiger partial charge >= 0.3 is 0 Å². The molecule has 0 saturated carbocycles. The number of aromatic nitrogens is 1. The molecule has 0 saturated heterocycles. The van der Waals surface area contributed by atoms with Crippen LogP contribution in [0.3, 0.4) is 0 Å². The van der Waals surface area contributed by atoms with Gasteiger partial charge in [-0.2, -0.15) is 0 Å². The summed E-state index contributed by atoms with van der Waals surface area (Å²) in [4.78, 5) is 0. The van der Waals surface area contributed by atoms with Crippen molar-refractivity contribution in [3.8, 4) is 11.5 Å². The largest absolute Gasteiger partial charge is 0.497 e. The monoisotopic (exact) mass is 447 g/mol. The Morgan fingerprint density at radius 3 is 2.24 bits per heavy atom. The van der Waals surface area contributed by atoms with Gasteiger partial charge in [0, 0.05) is 27.6 Å². The average Bonchev–Trinajstić information content (AvgIpc) is 3.46. The molecular weight excluding hydrogens is 422 g/mol. The molecule has 0 N–H and O–H groups in total. The molecule has 3 heterocycles. The van der Waals surface area contributed by atoms with Crippen LogP contribution >= 0.6 is 0 Å². The van der Waals surface area contributed by atoms with Crippen molar-refractivity contribution in [3.05, 3.63) is 66.2 Å². The maximum atomic E-state index is 6.59. The van der Waals surface area contributed by atoms with Gasteiger partial charge in [0.05, 0.1) is 30.6 Å². The minimum atomic E-state index is 0.0453. The standard InChI is InChI=1S/C30H25NO3/c1-30(2,3)17-7-11-25-23(13-17)27-26-21-14-18(32-4)8-6-16(21)12-22-20-10-9-19(33-5)15-24(20)31(28(22)26)29(27)34-25/h6-15H,1-5H3. The fourth-order valence-corrected chi connectivity index (χ4v) is 5.51. The van der Waals surface area contributed by atoms with Crippen molar-refractivity contribution in [2.75, 3.05) is 14.2 Å². The molecular formula is C30H25NO3. The number of benzene rings is 4. The Balaban J connectivity index is 1.80. The van der Waals surface area contributed by atoms with Crippen LogP contribution in [0.2, 0.25) is 0 Å².